The molecule has 1 aromatic rings. The van der Waals surface area contributed by atoms with Gasteiger partial charge in [0.25, 0.3) is 0 Å². The van der Waals surface area contributed by atoms with Crippen LogP contribution in [0.5, 0.6) is 0 Å². The SMILES string of the molecule is CC(=O)Nc1nc(CN(C)C(C)(C)CO)cs1. The Hall–Kier alpha value is -0.980. The number of nitrogens with zero attached hydrogens (tertiary/aromatic N) is 2. The Balaban J connectivity index is 2.63. The first kappa shape index (κ1) is 14.1. The van der Waals surface area contributed by atoms with Crippen molar-refractivity contribution in [2.75, 3.05) is 19.0 Å². The lowest BCUT2D eigenvalue weighted by atomic mass is 10.1. The summed E-state index contributed by atoms with van der Waals surface area (Å²) < 4.78 is 0. The van der Waals surface area contributed by atoms with Crippen LogP contribution in [-0.4, -0.2) is 40.1 Å². The lowest BCUT2D eigenvalue weighted by Crippen LogP contribution is -2.43. The van der Waals surface area contributed by atoms with Crippen LogP contribution in [0.3, 0.4) is 0 Å². The van der Waals surface area contributed by atoms with Gasteiger partial charge in [-0.3, -0.25) is 9.69 Å². The molecule has 1 rings (SSSR count). The van der Waals surface area contributed by atoms with Crippen LogP contribution in [0.2, 0.25) is 0 Å². The predicted molar refractivity (Wildman–Crippen MR) is 69.0 cm³/mol. The maximum absolute atomic E-state index is 10.9. The molecule has 0 aromatic carbocycles. The number of likely N-dealkylation sites (N-methyl/N-ethyl adjacent to an activating group) is 1. The second-order valence-corrected chi connectivity index (χ2v) is 5.51. The molecule has 0 saturated carbocycles. The zero-order valence-electron chi connectivity index (χ0n) is 10.6. The minimum absolute atomic E-state index is 0.0895. The van der Waals surface area contributed by atoms with Gasteiger partial charge in [0.2, 0.25) is 5.91 Å². The average Bonchev–Trinajstić information content (AvgIpc) is 2.64. The Morgan fingerprint density at radius 1 is 1.65 bits per heavy atom. The molecular weight excluding hydrogens is 238 g/mol. The van der Waals surface area contributed by atoms with Gasteiger partial charge < -0.3 is 10.4 Å². The van der Waals surface area contributed by atoms with Gasteiger partial charge in [0.05, 0.1) is 12.3 Å². The summed E-state index contributed by atoms with van der Waals surface area (Å²) in [6.45, 7) is 6.13. The van der Waals surface area contributed by atoms with Gasteiger partial charge in [-0.1, -0.05) is 0 Å². The first-order valence-corrected chi connectivity index (χ1v) is 6.27. The summed E-state index contributed by atoms with van der Waals surface area (Å²) in [6, 6.07) is 0. The first-order valence-electron chi connectivity index (χ1n) is 5.39. The number of carbonyl (C=O) groups excluding carboxylic acids is 1. The molecule has 0 bridgehead atoms. The van der Waals surface area contributed by atoms with Crippen LogP contribution in [-0.2, 0) is 11.3 Å². The summed E-state index contributed by atoms with van der Waals surface area (Å²) in [4.78, 5) is 17.2. The standard InChI is InChI=1S/C11H19N3O2S/c1-8(16)12-10-13-9(6-17-10)5-14(4)11(2,3)7-15/h6,15H,5,7H2,1-4H3,(H,12,13,16). The molecule has 0 radical (unpaired) electrons. The number of rotatable bonds is 5. The highest BCUT2D eigenvalue weighted by molar-refractivity contribution is 7.13. The predicted octanol–water partition coefficient (Wildman–Crippen LogP) is 1.30. The third-order valence-corrected chi connectivity index (χ3v) is 3.46. The van der Waals surface area contributed by atoms with Gasteiger partial charge >= 0.3 is 0 Å². The van der Waals surface area contributed by atoms with Crippen molar-refractivity contribution in [2.45, 2.75) is 32.9 Å². The van der Waals surface area contributed by atoms with Gasteiger partial charge in [-0.2, -0.15) is 0 Å². The van der Waals surface area contributed by atoms with Gasteiger partial charge in [0.15, 0.2) is 5.13 Å². The van der Waals surface area contributed by atoms with E-state index in [4.69, 9.17) is 0 Å². The number of aromatic nitrogens is 1. The molecule has 0 aliphatic rings. The van der Waals surface area contributed by atoms with Crippen molar-refractivity contribution in [1.82, 2.24) is 9.88 Å². The third kappa shape index (κ3) is 4.07. The molecule has 6 heteroatoms. The van der Waals surface area contributed by atoms with E-state index in [2.05, 4.69) is 10.3 Å². The molecule has 2 N–H and O–H groups in total. The highest BCUT2D eigenvalue weighted by Crippen LogP contribution is 2.19. The largest absolute Gasteiger partial charge is 0.394 e. The van der Waals surface area contributed by atoms with Crippen LogP contribution < -0.4 is 5.32 Å². The molecule has 17 heavy (non-hydrogen) atoms. The highest BCUT2D eigenvalue weighted by Gasteiger charge is 2.23. The smallest absolute Gasteiger partial charge is 0.223 e. The van der Waals surface area contributed by atoms with E-state index < -0.39 is 0 Å². The van der Waals surface area contributed by atoms with E-state index in [-0.39, 0.29) is 18.1 Å². The molecule has 5 nitrogen and oxygen atoms in total. The molecule has 1 heterocycles. The number of nitrogens with one attached hydrogen (secondary N) is 1. The van der Waals surface area contributed by atoms with E-state index in [1.54, 1.807) is 0 Å². The lowest BCUT2D eigenvalue weighted by molar-refractivity contribution is -0.114. The van der Waals surface area contributed by atoms with Crippen molar-refractivity contribution in [2.24, 2.45) is 0 Å². The van der Waals surface area contributed by atoms with E-state index in [0.717, 1.165) is 5.69 Å². The van der Waals surface area contributed by atoms with E-state index in [9.17, 15) is 9.90 Å². The lowest BCUT2D eigenvalue weighted by Gasteiger charge is -2.33. The highest BCUT2D eigenvalue weighted by atomic mass is 32.1. The zero-order chi connectivity index (χ0) is 13.1. The van der Waals surface area contributed by atoms with Gasteiger partial charge in [-0.15, -0.1) is 11.3 Å². The van der Waals surface area contributed by atoms with Crippen LogP contribution >= 0.6 is 11.3 Å². The number of carbonyl (C=O) groups is 1. The number of amides is 1. The topological polar surface area (TPSA) is 65.5 Å². The van der Waals surface area contributed by atoms with Gasteiger partial charge in [-0.25, -0.2) is 4.98 Å². The number of anilines is 1. The second-order valence-electron chi connectivity index (χ2n) is 4.65. The number of hydrogen-bond acceptors (Lipinski definition) is 5. The van der Waals surface area contributed by atoms with Crippen molar-refractivity contribution < 1.29 is 9.90 Å². The summed E-state index contributed by atoms with van der Waals surface area (Å²) in [6.07, 6.45) is 0. The first-order chi connectivity index (χ1) is 7.85. The fourth-order valence-corrected chi connectivity index (χ4v) is 1.91. The van der Waals surface area contributed by atoms with Gasteiger partial charge in [0, 0.05) is 24.4 Å². The fraction of sp³-hybridized carbons (Fsp3) is 0.636. The van der Waals surface area contributed by atoms with Crippen LogP contribution in [0.15, 0.2) is 5.38 Å². The molecule has 0 aliphatic heterocycles. The molecule has 0 spiro atoms. The maximum atomic E-state index is 10.9. The summed E-state index contributed by atoms with van der Waals surface area (Å²) >= 11 is 1.41. The van der Waals surface area contributed by atoms with Crippen LogP contribution in [0, 0.1) is 0 Å². The van der Waals surface area contributed by atoms with Crippen LogP contribution in [0.4, 0.5) is 5.13 Å². The van der Waals surface area contributed by atoms with E-state index in [1.165, 1.54) is 18.3 Å². The molecule has 0 unspecified atom stereocenters. The Labute approximate surface area is 105 Å². The molecule has 0 atom stereocenters. The van der Waals surface area contributed by atoms with Crippen molar-refractivity contribution in [1.29, 1.82) is 0 Å². The monoisotopic (exact) mass is 257 g/mol. The number of aliphatic hydroxyl groups is 1. The zero-order valence-corrected chi connectivity index (χ0v) is 11.5. The molecule has 96 valence electrons. The second kappa shape index (κ2) is 5.57. The quantitative estimate of drug-likeness (QED) is 0.834. The third-order valence-electron chi connectivity index (χ3n) is 2.65. The minimum Gasteiger partial charge on any atom is -0.394 e. The minimum atomic E-state index is -0.280. The normalized spacial score (nSPS) is 11.9. The molecule has 0 fully saturated rings. The molecule has 1 aromatic heterocycles. The number of thiazole rings is 1. The molecule has 0 saturated heterocycles. The molecule has 0 aliphatic carbocycles. The van der Waals surface area contributed by atoms with E-state index in [1.807, 2.05) is 31.2 Å². The average molecular weight is 257 g/mol. The van der Waals surface area contributed by atoms with Crippen molar-refractivity contribution >= 4 is 22.4 Å². The van der Waals surface area contributed by atoms with Gasteiger partial charge in [-0.05, 0) is 20.9 Å². The Kier molecular flexibility index (Phi) is 4.62. The Bertz CT molecular complexity index is 390. The van der Waals surface area contributed by atoms with E-state index >= 15 is 0 Å². The maximum Gasteiger partial charge on any atom is 0.223 e. The van der Waals surface area contributed by atoms with Crippen molar-refractivity contribution in [3.05, 3.63) is 11.1 Å². The van der Waals surface area contributed by atoms with Gasteiger partial charge in [0.1, 0.15) is 0 Å². The fourth-order valence-electron chi connectivity index (χ4n) is 1.17. The Morgan fingerprint density at radius 2 is 2.29 bits per heavy atom. The number of aliphatic hydroxyl groups excluding tert-OH is 1. The summed E-state index contributed by atoms with van der Waals surface area (Å²) in [5.74, 6) is -0.116. The summed E-state index contributed by atoms with van der Waals surface area (Å²) in [5, 5.41) is 14.4. The summed E-state index contributed by atoms with van der Waals surface area (Å²) in [7, 11) is 1.94. The Morgan fingerprint density at radius 3 is 2.82 bits per heavy atom. The molecule has 1 amide bonds. The van der Waals surface area contributed by atoms with Crippen LogP contribution in [0.1, 0.15) is 26.5 Å². The van der Waals surface area contributed by atoms with Crippen LogP contribution in [0.25, 0.3) is 0 Å². The summed E-state index contributed by atoms with van der Waals surface area (Å²) in [5.41, 5.74) is 0.611. The van der Waals surface area contributed by atoms with Crippen molar-refractivity contribution in [3.63, 3.8) is 0 Å². The number of hydrogen-bond donors (Lipinski definition) is 2. The van der Waals surface area contributed by atoms with Crippen molar-refractivity contribution in [3.8, 4) is 0 Å². The molecular formula is C11H19N3O2S. The van der Waals surface area contributed by atoms with E-state index in [0.29, 0.717) is 11.7 Å².